The molecule has 3 nitrogen and oxygen atoms in total. The summed E-state index contributed by atoms with van der Waals surface area (Å²) in [4.78, 5) is 5.93. The molecule has 0 saturated heterocycles. The molecule has 0 amide bonds. The van der Waals surface area contributed by atoms with Gasteiger partial charge in [0.2, 0.25) is 0 Å². The van der Waals surface area contributed by atoms with Crippen molar-refractivity contribution in [3.8, 4) is 10.6 Å². The number of nitrogens with zero attached hydrogens (tertiary/aromatic N) is 1. The van der Waals surface area contributed by atoms with Gasteiger partial charge in [-0.05, 0) is 32.9 Å². The van der Waals surface area contributed by atoms with E-state index in [4.69, 9.17) is 21.3 Å². The van der Waals surface area contributed by atoms with E-state index in [2.05, 4.69) is 26.1 Å². The van der Waals surface area contributed by atoms with E-state index in [0.29, 0.717) is 6.61 Å². The Bertz CT molecular complexity index is 587. The van der Waals surface area contributed by atoms with E-state index in [9.17, 15) is 0 Å². The second-order valence-electron chi connectivity index (χ2n) is 5.93. The quantitative estimate of drug-likeness (QED) is 0.879. The van der Waals surface area contributed by atoms with Gasteiger partial charge in [0.15, 0.2) is 0 Å². The van der Waals surface area contributed by atoms with E-state index in [0.717, 1.165) is 27.8 Å². The van der Waals surface area contributed by atoms with Crippen molar-refractivity contribution in [2.75, 3.05) is 7.11 Å². The summed E-state index contributed by atoms with van der Waals surface area (Å²) in [6, 6.07) is 7.78. The lowest BCUT2D eigenvalue weighted by atomic mass is 10.1. The van der Waals surface area contributed by atoms with Crippen LogP contribution in [0.3, 0.4) is 0 Å². The SMILES string of the molecule is COCc1nc(-c2ccc(Cl)cc2)sc1CNC(C)(C)C. The molecule has 1 heterocycles. The summed E-state index contributed by atoms with van der Waals surface area (Å²) in [7, 11) is 1.70. The molecule has 0 saturated carbocycles. The van der Waals surface area contributed by atoms with Crippen molar-refractivity contribution in [3.63, 3.8) is 0 Å². The molecule has 0 atom stereocenters. The van der Waals surface area contributed by atoms with Crippen molar-refractivity contribution in [3.05, 3.63) is 39.9 Å². The fraction of sp³-hybridized carbons (Fsp3) is 0.438. The van der Waals surface area contributed by atoms with Gasteiger partial charge >= 0.3 is 0 Å². The lowest BCUT2D eigenvalue weighted by Crippen LogP contribution is -2.35. The third-order valence-corrected chi connectivity index (χ3v) is 4.33. The molecule has 2 aromatic rings. The van der Waals surface area contributed by atoms with Crippen LogP contribution in [0.15, 0.2) is 24.3 Å². The molecule has 0 spiro atoms. The Morgan fingerprint density at radius 3 is 2.48 bits per heavy atom. The number of thiazole rings is 1. The molecular formula is C16H21ClN2OS. The maximum atomic E-state index is 5.94. The highest BCUT2D eigenvalue weighted by Crippen LogP contribution is 2.29. The Balaban J connectivity index is 2.25. The Hall–Kier alpha value is -0.940. The van der Waals surface area contributed by atoms with Crippen LogP contribution in [0.5, 0.6) is 0 Å². The van der Waals surface area contributed by atoms with Crippen LogP contribution in [0.4, 0.5) is 0 Å². The molecule has 114 valence electrons. The molecule has 0 fully saturated rings. The largest absolute Gasteiger partial charge is 0.378 e. The molecule has 1 N–H and O–H groups in total. The highest BCUT2D eigenvalue weighted by atomic mass is 35.5. The van der Waals surface area contributed by atoms with Crippen LogP contribution >= 0.6 is 22.9 Å². The van der Waals surface area contributed by atoms with E-state index in [1.165, 1.54) is 4.88 Å². The Morgan fingerprint density at radius 1 is 1.24 bits per heavy atom. The minimum absolute atomic E-state index is 0.0781. The predicted octanol–water partition coefficient (Wildman–Crippen LogP) is 4.50. The summed E-state index contributed by atoms with van der Waals surface area (Å²) in [5.74, 6) is 0. The topological polar surface area (TPSA) is 34.1 Å². The van der Waals surface area contributed by atoms with Gasteiger partial charge in [-0.3, -0.25) is 0 Å². The summed E-state index contributed by atoms with van der Waals surface area (Å²) in [5.41, 5.74) is 2.17. The van der Waals surface area contributed by atoms with Crippen LogP contribution < -0.4 is 5.32 Å². The van der Waals surface area contributed by atoms with Gasteiger partial charge < -0.3 is 10.1 Å². The van der Waals surface area contributed by atoms with Crippen molar-refractivity contribution in [1.82, 2.24) is 10.3 Å². The Morgan fingerprint density at radius 2 is 1.90 bits per heavy atom. The van der Waals surface area contributed by atoms with Crippen LogP contribution in [0.2, 0.25) is 5.02 Å². The molecule has 0 aliphatic rings. The van der Waals surface area contributed by atoms with Crippen LogP contribution in [-0.2, 0) is 17.9 Å². The van der Waals surface area contributed by atoms with E-state index < -0.39 is 0 Å². The fourth-order valence-corrected chi connectivity index (χ4v) is 2.97. The van der Waals surface area contributed by atoms with Crippen molar-refractivity contribution >= 4 is 22.9 Å². The molecule has 2 rings (SSSR count). The number of rotatable bonds is 5. The van der Waals surface area contributed by atoms with Crippen molar-refractivity contribution < 1.29 is 4.74 Å². The van der Waals surface area contributed by atoms with E-state index in [-0.39, 0.29) is 5.54 Å². The molecule has 1 aromatic heterocycles. The minimum atomic E-state index is 0.0781. The first-order valence-corrected chi connectivity index (χ1v) is 8.07. The van der Waals surface area contributed by atoms with Crippen LogP contribution in [0, 0.1) is 0 Å². The maximum Gasteiger partial charge on any atom is 0.124 e. The number of hydrogen-bond acceptors (Lipinski definition) is 4. The summed E-state index contributed by atoms with van der Waals surface area (Å²) in [5, 5.41) is 5.25. The van der Waals surface area contributed by atoms with Gasteiger partial charge in [-0.2, -0.15) is 0 Å². The zero-order chi connectivity index (χ0) is 15.5. The first kappa shape index (κ1) is 16.4. The van der Waals surface area contributed by atoms with Gasteiger partial charge in [-0.15, -0.1) is 11.3 Å². The fourth-order valence-electron chi connectivity index (χ4n) is 1.83. The van der Waals surface area contributed by atoms with E-state index in [1.54, 1.807) is 18.4 Å². The molecule has 5 heteroatoms. The van der Waals surface area contributed by atoms with Gasteiger partial charge in [0, 0.05) is 34.7 Å². The molecule has 0 unspecified atom stereocenters. The molecule has 0 aliphatic heterocycles. The van der Waals surface area contributed by atoms with Crippen LogP contribution in [0.1, 0.15) is 31.3 Å². The summed E-state index contributed by atoms with van der Waals surface area (Å²) >= 11 is 7.64. The summed E-state index contributed by atoms with van der Waals surface area (Å²) < 4.78 is 5.26. The summed E-state index contributed by atoms with van der Waals surface area (Å²) in [6.07, 6.45) is 0. The average Bonchev–Trinajstić information content (AvgIpc) is 2.80. The van der Waals surface area contributed by atoms with Crippen LogP contribution in [-0.4, -0.2) is 17.6 Å². The molecule has 21 heavy (non-hydrogen) atoms. The highest BCUT2D eigenvalue weighted by Gasteiger charge is 2.15. The average molecular weight is 325 g/mol. The van der Waals surface area contributed by atoms with Gasteiger partial charge in [0.1, 0.15) is 5.01 Å². The lowest BCUT2D eigenvalue weighted by molar-refractivity contribution is 0.181. The van der Waals surface area contributed by atoms with Gasteiger partial charge in [-0.1, -0.05) is 23.7 Å². The number of ether oxygens (including phenoxy) is 1. The highest BCUT2D eigenvalue weighted by molar-refractivity contribution is 7.15. The summed E-state index contributed by atoms with van der Waals surface area (Å²) in [6.45, 7) is 7.80. The van der Waals surface area contributed by atoms with Gasteiger partial charge in [0.05, 0.1) is 12.3 Å². The monoisotopic (exact) mass is 324 g/mol. The maximum absolute atomic E-state index is 5.94. The number of nitrogens with one attached hydrogen (secondary N) is 1. The predicted molar refractivity (Wildman–Crippen MR) is 89.9 cm³/mol. The number of methoxy groups -OCH3 is 1. The Labute approximate surface area is 135 Å². The second kappa shape index (κ2) is 6.88. The number of halogens is 1. The Kier molecular flexibility index (Phi) is 5.38. The molecule has 0 aliphatic carbocycles. The molecule has 0 bridgehead atoms. The van der Waals surface area contributed by atoms with Crippen molar-refractivity contribution in [2.45, 2.75) is 39.5 Å². The van der Waals surface area contributed by atoms with E-state index >= 15 is 0 Å². The smallest absolute Gasteiger partial charge is 0.124 e. The number of benzene rings is 1. The number of hydrogen-bond donors (Lipinski definition) is 1. The molecular weight excluding hydrogens is 304 g/mol. The minimum Gasteiger partial charge on any atom is -0.378 e. The normalized spacial score (nSPS) is 11.9. The van der Waals surface area contributed by atoms with Crippen LogP contribution in [0.25, 0.3) is 10.6 Å². The zero-order valence-corrected chi connectivity index (χ0v) is 14.4. The molecule has 0 radical (unpaired) electrons. The van der Waals surface area contributed by atoms with Crippen molar-refractivity contribution in [2.24, 2.45) is 0 Å². The first-order valence-electron chi connectivity index (χ1n) is 6.87. The number of aromatic nitrogens is 1. The van der Waals surface area contributed by atoms with Gasteiger partial charge in [-0.25, -0.2) is 4.98 Å². The zero-order valence-electron chi connectivity index (χ0n) is 12.9. The lowest BCUT2D eigenvalue weighted by Gasteiger charge is -2.20. The first-order chi connectivity index (χ1) is 9.89. The van der Waals surface area contributed by atoms with Crippen molar-refractivity contribution in [1.29, 1.82) is 0 Å². The van der Waals surface area contributed by atoms with E-state index in [1.807, 2.05) is 24.3 Å². The van der Waals surface area contributed by atoms with Gasteiger partial charge in [0.25, 0.3) is 0 Å². The molecule has 1 aromatic carbocycles. The second-order valence-corrected chi connectivity index (χ2v) is 7.45. The third kappa shape index (κ3) is 4.78. The third-order valence-electron chi connectivity index (χ3n) is 2.93. The standard InChI is InChI=1S/C16H21ClN2OS/c1-16(2,3)18-9-14-13(10-20-4)19-15(21-14)11-5-7-12(17)8-6-11/h5-8,18H,9-10H2,1-4H3.